The van der Waals surface area contributed by atoms with Crippen LogP contribution in [0.1, 0.15) is 47.8 Å². The number of amides is 1. The molecule has 10 heteroatoms. The van der Waals surface area contributed by atoms with E-state index in [9.17, 15) is 22.8 Å². The van der Waals surface area contributed by atoms with E-state index in [-0.39, 0.29) is 18.6 Å². The number of hydrogen-bond donors (Lipinski definition) is 1. The van der Waals surface area contributed by atoms with Crippen LogP contribution in [0, 0.1) is 0 Å². The Hall–Kier alpha value is -3.85. The van der Waals surface area contributed by atoms with Crippen LogP contribution in [0.25, 0.3) is 0 Å². The highest BCUT2D eigenvalue weighted by molar-refractivity contribution is 6.32. The van der Waals surface area contributed by atoms with E-state index in [4.69, 9.17) is 16.3 Å². The van der Waals surface area contributed by atoms with Crippen molar-refractivity contribution >= 4 is 34.9 Å². The highest BCUT2D eigenvalue weighted by Crippen LogP contribution is 2.39. The summed E-state index contributed by atoms with van der Waals surface area (Å²) >= 11 is 6.02. The molecule has 3 aromatic rings. The summed E-state index contributed by atoms with van der Waals surface area (Å²) in [5, 5.41) is 8.57. The molecule has 1 atom stereocenters. The minimum atomic E-state index is -4.58. The monoisotopic (exact) mass is 557 g/mol. The largest absolute Gasteiger partial charge is 0.459 e. The van der Waals surface area contributed by atoms with Crippen LogP contribution in [0.4, 0.5) is 18.9 Å². The van der Waals surface area contributed by atoms with Crippen molar-refractivity contribution in [3.05, 3.63) is 100 Å². The maximum Gasteiger partial charge on any atom is 0.417 e. The summed E-state index contributed by atoms with van der Waals surface area (Å²) in [7, 11) is 0. The highest BCUT2D eigenvalue weighted by Gasteiger charge is 2.42. The smallest absolute Gasteiger partial charge is 0.417 e. The Balaban J connectivity index is 1.59. The van der Waals surface area contributed by atoms with E-state index in [1.54, 1.807) is 37.1 Å². The van der Waals surface area contributed by atoms with Gasteiger partial charge in [0.2, 0.25) is 5.91 Å². The number of alkyl halides is 3. The number of hydrogen-bond acceptors (Lipinski definition) is 5. The second-order valence-corrected chi connectivity index (χ2v) is 10.2. The van der Waals surface area contributed by atoms with Gasteiger partial charge < -0.3 is 10.1 Å². The summed E-state index contributed by atoms with van der Waals surface area (Å²) in [5.41, 5.74) is 0.878. The first kappa shape index (κ1) is 28.2. The second kappa shape index (κ2) is 11.1. The number of halogens is 4. The molecular weight excluding hydrogens is 531 g/mol. The van der Waals surface area contributed by atoms with Crippen LogP contribution in [0.3, 0.4) is 0 Å². The lowest BCUT2D eigenvalue weighted by Gasteiger charge is -2.27. The summed E-state index contributed by atoms with van der Waals surface area (Å²) in [6, 6.07) is 19.4. The fourth-order valence-electron chi connectivity index (χ4n) is 4.49. The van der Waals surface area contributed by atoms with Crippen LogP contribution >= 0.6 is 11.6 Å². The van der Waals surface area contributed by atoms with E-state index in [0.717, 1.165) is 11.6 Å². The molecule has 0 saturated heterocycles. The fraction of sp³-hybridized carbons (Fsp3) is 0.276. The number of esters is 1. The third kappa shape index (κ3) is 6.42. The normalized spacial score (nSPS) is 17.2. The maximum absolute atomic E-state index is 13.3. The second-order valence-electron chi connectivity index (χ2n) is 9.74. The summed E-state index contributed by atoms with van der Waals surface area (Å²) in [6.45, 7) is 5.60. The van der Waals surface area contributed by atoms with Gasteiger partial charge >= 0.3 is 12.1 Å². The first-order valence-corrected chi connectivity index (χ1v) is 12.6. The molecule has 0 spiro atoms. The summed E-state index contributed by atoms with van der Waals surface area (Å²) in [5.74, 6) is -0.876. The van der Waals surface area contributed by atoms with E-state index >= 15 is 0 Å². The van der Waals surface area contributed by atoms with Crippen LogP contribution in [0.15, 0.2) is 77.9 Å². The molecule has 0 radical (unpaired) electrons. The van der Waals surface area contributed by atoms with Gasteiger partial charge in [0.1, 0.15) is 6.54 Å². The van der Waals surface area contributed by atoms with Gasteiger partial charge in [-0.15, -0.1) is 0 Å². The van der Waals surface area contributed by atoms with Crippen LogP contribution in [0.2, 0.25) is 5.02 Å². The number of carbonyl (C=O) groups excluding carboxylic acids is 2. The van der Waals surface area contributed by atoms with E-state index in [2.05, 4.69) is 10.4 Å². The zero-order valence-corrected chi connectivity index (χ0v) is 22.3. The SMILES string of the molecule is CC(C)OC(=O)c1cccc(NC(=O)CN2CC(C)(c3ccccc3)C(c3ccc(C(F)(F)F)c(Cl)c3)=N2)c1. The summed E-state index contributed by atoms with van der Waals surface area (Å²) in [4.78, 5) is 25.2. The van der Waals surface area contributed by atoms with Crippen molar-refractivity contribution in [3.8, 4) is 0 Å². The lowest BCUT2D eigenvalue weighted by molar-refractivity contribution is -0.137. The molecule has 1 amide bonds. The number of ether oxygens (including phenoxy) is 1. The Morgan fingerprint density at radius 1 is 1.08 bits per heavy atom. The van der Waals surface area contributed by atoms with Crippen molar-refractivity contribution < 1.29 is 27.5 Å². The molecule has 4 rings (SSSR count). The molecule has 204 valence electrons. The van der Waals surface area contributed by atoms with Gasteiger partial charge in [0, 0.05) is 11.3 Å². The fourth-order valence-corrected chi connectivity index (χ4v) is 4.78. The predicted octanol–water partition coefficient (Wildman–Crippen LogP) is 6.54. The van der Waals surface area contributed by atoms with Gasteiger partial charge in [-0.05, 0) is 56.7 Å². The maximum atomic E-state index is 13.3. The average Bonchev–Trinajstić information content (AvgIpc) is 3.20. The van der Waals surface area contributed by atoms with Gasteiger partial charge in [-0.2, -0.15) is 18.3 Å². The molecule has 1 aliphatic heterocycles. The number of rotatable bonds is 7. The van der Waals surface area contributed by atoms with Crippen molar-refractivity contribution in [3.63, 3.8) is 0 Å². The van der Waals surface area contributed by atoms with E-state index in [1.807, 2.05) is 37.3 Å². The first-order valence-electron chi connectivity index (χ1n) is 12.2. The number of hydrazone groups is 1. The Morgan fingerprint density at radius 2 is 1.79 bits per heavy atom. The van der Waals surface area contributed by atoms with E-state index < -0.39 is 28.1 Å². The van der Waals surface area contributed by atoms with Crippen molar-refractivity contribution in [2.75, 3.05) is 18.4 Å². The van der Waals surface area contributed by atoms with E-state index in [1.165, 1.54) is 18.2 Å². The number of carbonyl (C=O) groups is 2. The number of nitrogens with one attached hydrogen (secondary N) is 1. The molecule has 0 aromatic heterocycles. The van der Waals surface area contributed by atoms with E-state index in [0.29, 0.717) is 29.1 Å². The molecule has 1 N–H and O–H groups in total. The van der Waals surface area contributed by atoms with Crippen molar-refractivity contribution in [2.24, 2.45) is 5.10 Å². The number of anilines is 1. The van der Waals surface area contributed by atoms with Crippen LogP contribution in [-0.4, -0.2) is 41.8 Å². The van der Waals surface area contributed by atoms with Crippen LogP contribution in [-0.2, 0) is 21.1 Å². The van der Waals surface area contributed by atoms with Crippen LogP contribution in [0.5, 0.6) is 0 Å². The standard InChI is InChI=1S/C29H27ClF3N3O3/c1-18(2)39-27(38)20-8-7-11-22(14-20)34-25(37)16-36-17-28(3,21-9-5-4-6-10-21)26(35-36)19-12-13-23(24(30)15-19)29(31,32)33/h4-15,18H,16-17H2,1-3H3,(H,34,37). The molecule has 6 nitrogen and oxygen atoms in total. The van der Waals surface area contributed by atoms with Crippen molar-refractivity contribution in [2.45, 2.75) is 38.5 Å². The first-order chi connectivity index (χ1) is 18.4. The lowest BCUT2D eigenvalue weighted by Crippen LogP contribution is -2.38. The third-order valence-corrected chi connectivity index (χ3v) is 6.59. The molecule has 0 aliphatic carbocycles. The zero-order valence-electron chi connectivity index (χ0n) is 21.6. The van der Waals surface area contributed by atoms with Gasteiger partial charge in [-0.25, -0.2) is 4.79 Å². The minimum absolute atomic E-state index is 0.124. The molecule has 1 aliphatic rings. The van der Waals surface area contributed by atoms with Crippen LogP contribution < -0.4 is 5.32 Å². The minimum Gasteiger partial charge on any atom is -0.459 e. The molecule has 0 bridgehead atoms. The van der Waals surface area contributed by atoms with Gasteiger partial charge in [0.15, 0.2) is 0 Å². The van der Waals surface area contributed by atoms with Crippen molar-refractivity contribution in [1.82, 2.24) is 5.01 Å². The number of benzene rings is 3. The predicted molar refractivity (Wildman–Crippen MR) is 144 cm³/mol. The Labute approximate surface area is 229 Å². The highest BCUT2D eigenvalue weighted by atomic mass is 35.5. The Morgan fingerprint density at radius 3 is 2.44 bits per heavy atom. The molecule has 39 heavy (non-hydrogen) atoms. The summed E-state index contributed by atoms with van der Waals surface area (Å²) in [6.07, 6.45) is -4.86. The molecule has 0 fully saturated rings. The molecule has 3 aromatic carbocycles. The topological polar surface area (TPSA) is 71.0 Å². The molecule has 1 heterocycles. The lowest BCUT2D eigenvalue weighted by atomic mass is 9.76. The van der Waals surface area contributed by atoms with Gasteiger partial charge in [-0.3, -0.25) is 9.80 Å². The van der Waals surface area contributed by atoms with Gasteiger partial charge in [0.25, 0.3) is 0 Å². The quantitative estimate of drug-likeness (QED) is 0.335. The number of nitrogens with zero attached hydrogens (tertiary/aromatic N) is 2. The molecular formula is C29H27ClF3N3O3. The van der Waals surface area contributed by atoms with Crippen molar-refractivity contribution in [1.29, 1.82) is 0 Å². The average molecular weight is 558 g/mol. The molecule has 0 saturated carbocycles. The Kier molecular flexibility index (Phi) is 8.02. The van der Waals surface area contributed by atoms with Gasteiger partial charge in [-0.1, -0.05) is 54.1 Å². The molecule has 1 unspecified atom stereocenters. The Bertz CT molecular complexity index is 1410. The third-order valence-electron chi connectivity index (χ3n) is 6.27. The summed E-state index contributed by atoms with van der Waals surface area (Å²) < 4.78 is 45.1. The van der Waals surface area contributed by atoms with Gasteiger partial charge in [0.05, 0.1) is 39.9 Å². The zero-order chi connectivity index (χ0) is 28.4.